The van der Waals surface area contributed by atoms with Gasteiger partial charge in [-0.15, -0.1) is 0 Å². The zero-order valence-corrected chi connectivity index (χ0v) is 11.6. The van der Waals surface area contributed by atoms with E-state index in [0.29, 0.717) is 6.54 Å². The number of nitrogens with zero attached hydrogens (tertiary/aromatic N) is 2. The maximum absolute atomic E-state index is 6.04. The van der Waals surface area contributed by atoms with Crippen molar-refractivity contribution in [2.45, 2.75) is 33.2 Å². The molecular formula is C11H19BrN4. The van der Waals surface area contributed by atoms with Gasteiger partial charge >= 0.3 is 0 Å². The van der Waals surface area contributed by atoms with E-state index in [4.69, 9.17) is 5.73 Å². The number of rotatable bonds is 4. The zero-order chi connectivity index (χ0) is 12.2. The number of hydrogen-bond acceptors (Lipinski definition) is 4. The standard InChI is InChI=1S/C11H19BrN4/c1-11(2,3)4-8(13)5-15-10-9(12)6-14-7-16-10/h6-8H,4-5,13H2,1-3H3,(H,14,15,16). The van der Waals surface area contributed by atoms with Crippen molar-refractivity contribution >= 4 is 21.7 Å². The number of aromatic nitrogens is 2. The van der Waals surface area contributed by atoms with Gasteiger partial charge in [0, 0.05) is 18.8 Å². The molecule has 1 rings (SSSR count). The van der Waals surface area contributed by atoms with Crippen molar-refractivity contribution in [3.05, 3.63) is 17.0 Å². The van der Waals surface area contributed by atoms with Crippen molar-refractivity contribution in [1.82, 2.24) is 9.97 Å². The van der Waals surface area contributed by atoms with Crippen molar-refractivity contribution in [2.75, 3.05) is 11.9 Å². The summed E-state index contributed by atoms with van der Waals surface area (Å²) in [7, 11) is 0. The summed E-state index contributed by atoms with van der Waals surface area (Å²) < 4.78 is 0.859. The summed E-state index contributed by atoms with van der Waals surface area (Å²) in [4.78, 5) is 8.02. The van der Waals surface area contributed by atoms with Crippen LogP contribution in [0.15, 0.2) is 17.0 Å². The summed E-state index contributed by atoms with van der Waals surface area (Å²) in [6, 6.07) is 0.127. The molecule has 1 aromatic heterocycles. The molecule has 0 aliphatic carbocycles. The lowest BCUT2D eigenvalue weighted by atomic mass is 9.88. The molecule has 16 heavy (non-hydrogen) atoms. The zero-order valence-electron chi connectivity index (χ0n) is 10.00. The van der Waals surface area contributed by atoms with Gasteiger partial charge in [-0.05, 0) is 27.8 Å². The first-order chi connectivity index (χ1) is 7.38. The molecule has 0 radical (unpaired) electrons. The number of nitrogens with two attached hydrogens (primary N) is 1. The van der Waals surface area contributed by atoms with E-state index in [1.807, 2.05) is 0 Å². The Morgan fingerprint density at radius 1 is 1.50 bits per heavy atom. The molecule has 0 saturated heterocycles. The van der Waals surface area contributed by atoms with Crippen LogP contribution in [0.2, 0.25) is 0 Å². The van der Waals surface area contributed by atoms with E-state index >= 15 is 0 Å². The highest BCUT2D eigenvalue weighted by molar-refractivity contribution is 9.10. The number of halogens is 1. The molecule has 1 heterocycles. The van der Waals surface area contributed by atoms with Crippen LogP contribution in [-0.4, -0.2) is 22.6 Å². The van der Waals surface area contributed by atoms with Crippen LogP contribution in [0.1, 0.15) is 27.2 Å². The smallest absolute Gasteiger partial charge is 0.143 e. The van der Waals surface area contributed by atoms with Crippen LogP contribution in [0.5, 0.6) is 0 Å². The third-order valence-corrected chi connectivity index (χ3v) is 2.65. The van der Waals surface area contributed by atoms with Crippen LogP contribution in [0.25, 0.3) is 0 Å². The Hall–Kier alpha value is -0.680. The molecule has 0 bridgehead atoms. The second-order valence-electron chi connectivity index (χ2n) is 5.13. The molecule has 0 aliphatic rings. The van der Waals surface area contributed by atoms with Gasteiger partial charge < -0.3 is 11.1 Å². The molecule has 1 atom stereocenters. The highest BCUT2D eigenvalue weighted by Gasteiger charge is 2.15. The van der Waals surface area contributed by atoms with E-state index in [1.54, 1.807) is 6.20 Å². The maximum atomic E-state index is 6.04. The number of anilines is 1. The van der Waals surface area contributed by atoms with E-state index in [9.17, 15) is 0 Å². The summed E-state index contributed by atoms with van der Waals surface area (Å²) in [6.07, 6.45) is 4.20. The quantitative estimate of drug-likeness (QED) is 0.892. The van der Waals surface area contributed by atoms with Crippen LogP contribution < -0.4 is 11.1 Å². The van der Waals surface area contributed by atoms with Gasteiger partial charge in [-0.1, -0.05) is 20.8 Å². The van der Waals surface area contributed by atoms with Gasteiger partial charge in [0.25, 0.3) is 0 Å². The largest absolute Gasteiger partial charge is 0.367 e. The van der Waals surface area contributed by atoms with Crippen LogP contribution in [-0.2, 0) is 0 Å². The van der Waals surface area contributed by atoms with Crippen LogP contribution in [0.3, 0.4) is 0 Å². The number of nitrogens with one attached hydrogen (secondary N) is 1. The van der Waals surface area contributed by atoms with Crippen molar-refractivity contribution in [3.8, 4) is 0 Å². The van der Waals surface area contributed by atoms with Crippen LogP contribution >= 0.6 is 15.9 Å². The Labute approximate surface area is 105 Å². The maximum Gasteiger partial charge on any atom is 0.143 e. The molecule has 4 nitrogen and oxygen atoms in total. The predicted octanol–water partition coefficient (Wildman–Crippen LogP) is 2.41. The van der Waals surface area contributed by atoms with Gasteiger partial charge in [0.15, 0.2) is 0 Å². The first-order valence-electron chi connectivity index (χ1n) is 5.33. The minimum absolute atomic E-state index is 0.127. The molecule has 0 aromatic carbocycles. The fraction of sp³-hybridized carbons (Fsp3) is 0.636. The molecule has 0 amide bonds. The Kier molecular flexibility index (Phi) is 4.68. The number of hydrogen-bond donors (Lipinski definition) is 2. The minimum atomic E-state index is 0.127. The molecule has 1 aromatic rings. The van der Waals surface area contributed by atoms with Gasteiger partial charge in [0.05, 0.1) is 4.47 Å². The molecule has 1 unspecified atom stereocenters. The summed E-state index contributed by atoms with van der Waals surface area (Å²) >= 11 is 3.38. The van der Waals surface area contributed by atoms with Crippen LogP contribution in [0, 0.1) is 5.41 Å². The molecule has 5 heteroatoms. The van der Waals surface area contributed by atoms with E-state index in [2.05, 4.69) is 52.0 Å². The van der Waals surface area contributed by atoms with Crippen molar-refractivity contribution in [2.24, 2.45) is 11.1 Å². The predicted molar refractivity (Wildman–Crippen MR) is 70.3 cm³/mol. The highest BCUT2D eigenvalue weighted by atomic mass is 79.9. The summed E-state index contributed by atoms with van der Waals surface area (Å²) in [5.74, 6) is 0.791. The first kappa shape index (κ1) is 13.4. The Bertz CT molecular complexity index is 335. The van der Waals surface area contributed by atoms with Gasteiger partial charge in [0.1, 0.15) is 12.1 Å². The molecule has 0 aliphatic heterocycles. The average Bonchev–Trinajstić information content (AvgIpc) is 2.14. The first-order valence-corrected chi connectivity index (χ1v) is 6.13. The SMILES string of the molecule is CC(C)(C)CC(N)CNc1ncncc1Br. The van der Waals surface area contributed by atoms with Gasteiger partial charge in [0.2, 0.25) is 0 Å². The molecule has 0 spiro atoms. The van der Waals surface area contributed by atoms with E-state index < -0.39 is 0 Å². The van der Waals surface area contributed by atoms with Crippen molar-refractivity contribution < 1.29 is 0 Å². The monoisotopic (exact) mass is 286 g/mol. The highest BCUT2D eigenvalue weighted by Crippen LogP contribution is 2.21. The molecule has 3 N–H and O–H groups in total. The fourth-order valence-electron chi connectivity index (χ4n) is 1.53. The summed E-state index contributed by atoms with van der Waals surface area (Å²) in [6.45, 7) is 7.28. The van der Waals surface area contributed by atoms with Gasteiger partial charge in [-0.2, -0.15) is 0 Å². The fourth-order valence-corrected chi connectivity index (χ4v) is 1.89. The Balaban J connectivity index is 2.43. The minimum Gasteiger partial charge on any atom is -0.367 e. The second-order valence-corrected chi connectivity index (χ2v) is 5.98. The normalized spacial score (nSPS) is 13.6. The third-order valence-electron chi connectivity index (χ3n) is 2.07. The molecular weight excluding hydrogens is 268 g/mol. The average molecular weight is 287 g/mol. The Morgan fingerprint density at radius 3 is 2.75 bits per heavy atom. The third kappa shape index (κ3) is 4.90. The second kappa shape index (κ2) is 5.59. The molecule has 90 valence electrons. The van der Waals surface area contributed by atoms with Gasteiger partial charge in [-0.25, -0.2) is 9.97 Å². The lowest BCUT2D eigenvalue weighted by Crippen LogP contribution is -2.33. The topological polar surface area (TPSA) is 63.8 Å². The van der Waals surface area contributed by atoms with Gasteiger partial charge in [-0.3, -0.25) is 0 Å². The lowest BCUT2D eigenvalue weighted by molar-refractivity contribution is 0.344. The lowest BCUT2D eigenvalue weighted by Gasteiger charge is -2.23. The van der Waals surface area contributed by atoms with E-state index in [-0.39, 0.29) is 11.5 Å². The van der Waals surface area contributed by atoms with E-state index in [1.165, 1.54) is 6.33 Å². The van der Waals surface area contributed by atoms with Crippen molar-refractivity contribution in [1.29, 1.82) is 0 Å². The van der Waals surface area contributed by atoms with Crippen molar-refractivity contribution in [3.63, 3.8) is 0 Å². The van der Waals surface area contributed by atoms with E-state index in [0.717, 1.165) is 16.7 Å². The molecule has 0 saturated carbocycles. The molecule has 0 fully saturated rings. The Morgan fingerprint density at radius 2 is 2.19 bits per heavy atom. The summed E-state index contributed by atoms with van der Waals surface area (Å²) in [5.41, 5.74) is 6.29. The van der Waals surface area contributed by atoms with Crippen LogP contribution in [0.4, 0.5) is 5.82 Å². The summed E-state index contributed by atoms with van der Waals surface area (Å²) in [5, 5.41) is 3.21.